The molecule has 0 amide bonds. The highest BCUT2D eigenvalue weighted by Gasteiger charge is 2.08. The molecule has 0 aliphatic carbocycles. The number of carbonyl (C=O) groups excluding carboxylic acids is 1. The van der Waals surface area contributed by atoms with E-state index in [0.29, 0.717) is 11.5 Å². The molecule has 0 radical (unpaired) electrons. The SMILES string of the molecule is COC(=O)c1cccc(CN(C)c2ccc(CC(C)C)cc2)c1. The zero-order valence-electron chi connectivity index (χ0n) is 14.4. The number of hydrogen-bond donors (Lipinski definition) is 0. The van der Waals surface area contributed by atoms with Crippen molar-refractivity contribution in [3.8, 4) is 0 Å². The van der Waals surface area contributed by atoms with Gasteiger partial charge in [0.1, 0.15) is 0 Å². The van der Waals surface area contributed by atoms with Crippen LogP contribution in [0.2, 0.25) is 0 Å². The molecule has 0 aromatic heterocycles. The smallest absolute Gasteiger partial charge is 0.337 e. The predicted molar refractivity (Wildman–Crippen MR) is 94.9 cm³/mol. The van der Waals surface area contributed by atoms with Crippen LogP contribution in [0, 0.1) is 5.92 Å². The molecule has 0 bridgehead atoms. The third-order valence-electron chi connectivity index (χ3n) is 3.79. The Bertz CT molecular complexity index is 647. The van der Waals surface area contributed by atoms with Crippen molar-refractivity contribution in [1.29, 1.82) is 0 Å². The van der Waals surface area contributed by atoms with Gasteiger partial charge in [0, 0.05) is 19.3 Å². The Labute approximate surface area is 138 Å². The van der Waals surface area contributed by atoms with Gasteiger partial charge in [0.2, 0.25) is 0 Å². The van der Waals surface area contributed by atoms with Crippen LogP contribution in [0.1, 0.15) is 35.3 Å². The highest BCUT2D eigenvalue weighted by molar-refractivity contribution is 5.89. The second kappa shape index (κ2) is 7.82. The number of nitrogens with zero attached hydrogens (tertiary/aromatic N) is 1. The number of rotatable bonds is 6. The van der Waals surface area contributed by atoms with Crippen LogP contribution in [0.4, 0.5) is 5.69 Å². The lowest BCUT2D eigenvalue weighted by molar-refractivity contribution is 0.0600. The van der Waals surface area contributed by atoms with Crippen LogP contribution in [0.15, 0.2) is 48.5 Å². The maximum Gasteiger partial charge on any atom is 0.337 e. The van der Waals surface area contributed by atoms with Gasteiger partial charge >= 0.3 is 5.97 Å². The summed E-state index contributed by atoms with van der Waals surface area (Å²) in [6, 6.07) is 16.3. The van der Waals surface area contributed by atoms with Gasteiger partial charge in [0.25, 0.3) is 0 Å². The molecule has 0 unspecified atom stereocenters. The van der Waals surface area contributed by atoms with Crippen LogP contribution in [0.25, 0.3) is 0 Å². The van der Waals surface area contributed by atoms with Gasteiger partial charge < -0.3 is 9.64 Å². The molecule has 0 fully saturated rings. The van der Waals surface area contributed by atoms with Gasteiger partial charge in [-0.3, -0.25) is 0 Å². The number of carbonyl (C=O) groups is 1. The van der Waals surface area contributed by atoms with Gasteiger partial charge in [-0.2, -0.15) is 0 Å². The summed E-state index contributed by atoms with van der Waals surface area (Å²) < 4.78 is 4.77. The van der Waals surface area contributed by atoms with Gasteiger partial charge in [-0.1, -0.05) is 38.1 Å². The fourth-order valence-corrected chi connectivity index (χ4v) is 2.64. The number of esters is 1. The van der Waals surface area contributed by atoms with Crippen molar-refractivity contribution < 1.29 is 9.53 Å². The molecule has 0 atom stereocenters. The maximum absolute atomic E-state index is 11.6. The third kappa shape index (κ3) is 4.85. The van der Waals surface area contributed by atoms with Crippen molar-refractivity contribution in [1.82, 2.24) is 0 Å². The van der Waals surface area contributed by atoms with Crippen molar-refractivity contribution in [3.05, 3.63) is 65.2 Å². The quantitative estimate of drug-likeness (QED) is 0.745. The average Bonchev–Trinajstić information content (AvgIpc) is 2.54. The lowest BCUT2D eigenvalue weighted by Crippen LogP contribution is -2.16. The minimum Gasteiger partial charge on any atom is -0.465 e. The molecule has 0 saturated heterocycles. The van der Waals surface area contributed by atoms with E-state index in [-0.39, 0.29) is 5.97 Å². The van der Waals surface area contributed by atoms with E-state index in [9.17, 15) is 4.79 Å². The summed E-state index contributed by atoms with van der Waals surface area (Å²) in [7, 11) is 3.46. The minimum atomic E-state index is -0.299. The predicted octanol–water partition coefficient (Wildman–Crippen LogP) is 4.31. The van der Waals surface area contributed by atoms with Gasteiger partial charge in [-0.15, -0.1) is 0 Å². The molecule has 2 rings (SSSR count). The molecule has 0 aliphatic heterocycles. The Balaban J connectivity index is 2.06. The van der Waals surface area contributed by atoms with Gasteiger partial charge in [0.05, 0.1) is 12.7 Å². The zero-order chi connectivity index (χ0) is 16.8. The Morgan fingerprint density at radius 1 is 1.09 bits per heavy atom. The van der Waals surface area contributed by atoms with Gasteiger partial charge in [-0.05, 0) is 47.7 Å². The number of benzene rings is 2. The van der Waals surface area contributed by atoms with E-state index in [0.717, 1.165) is 18.5 Å². The zero-order valence-corrected chi connectivity index (χ0v) is 14.4. The van der Waals surface area contributed by atoms with Crippen LogP contribution in [-0.2, 0) is 17.7 Å². The molecule has 3 nitrogen and oxygen atoms in total. The first-order valence-corrected chi connectivity index (χ1v) is 7.97. The summed E-state index contributed by atoms with van der Waals surface area (Å²) in [6.07, 6.45) is 1.10. The number of hydrogen-bond acceptors (Lipinski definition) is 3. The van der Waals surface area contributed by atoms with Crippen molar-refractivity contribution in [2.24, 2.45) is 5.92 Å². The largest absolute Gasteiger partial charge is 0.465 e. The molecule has 2 aromatic carbocycles. The Morgan fingerprint density at radius 3 is 2.39 bits per heavy atom. The molecule has 122 valence electrons. The topological polar surface area (TPSA) is 29.5 Å². The first-order valence-electron chi connectivity index (χ1n) is 7.97. The van der Waals surface area contributed by atoms with Crippen molar-refractivity contribution in [2.75, 3.05) is 19.1 Å². The van der Waals surface area contributed by atoms with Crippen LogP contribution in [-0.4, -0.2) is 20.1 Å². The van der Waals surface area contributed by atoms with Crippen LogP contribution >= 0.6 is 0 Å². The molecule has 23 heavy (non-hydrogen) atoms. The first-order chi connectivity index (χ1) is 11.0. The summed E-state index contributed by atoms with van der Waals surface area (Å²) in [6.45, 7) is 5.21. The molecule has 0 heterocycles. The monoisotopic (exact) mass is 311 g/mol. The molecule has 2 aromatic rings. The number of methoxy groups -OCH3 is 1. The molecular formula is C20H25NO2. The molecule has 3 heteroatoms. The maximum atomic E-state index is 11.6. The fourth-order valence-electron chi connectivity index (χ4n) is 2.64. The summed E-state index contributed by atoms with van der Waals surface area (Å²) in [5, 5.41) is 0. The molecule has 0 N–H and O–H groups in total. The molecule has 0 spiro atoms. The van der Waals surface area contributed by atoms with Crippen LogP contribution < -0.4 is 4.90 Å². The van der Waals surface area contributed by atoms with Crippen LogP contribution in [0.5, 0.6) is 0 Å². The summed E-state index contributed by atoms with van der Waals surface area (Å²) in [5.41, 5.74) is 4.21. The average molecular weight is 311 g/mol. The number of ether oxygens (including phenoxy) is 1. The molecular weight excluding hydrogens is 286 g/mol. The third-order valence-corrected chi connectivity index (χ3v) is 3.79. The summed E-state index contributed by atoms with van der Waals surface area (Å²) in [5.74, 6) is 0.368. The van der Waals surface area contributed by atoms with E-state index in [2.05, 4.69) is 50.1 Å². The Hall–Kier alpha value is -2.29. The Morgan fingerprint density at radius 2 is 1.78 bits per heavy atom. The highest BCUT2D eigenvalue weighted by Crippen LogP contribution is 2.18. The van der Waals surface area contributed by atoms with E-state index < -0.39 is 0 Å². The van der Waals surface area contributed by atoms with E-state index in [1.165, 1.54) is 18.4 Å². The highest BCUT2D eigenvalue weighted by atomic mass is 16.5. The van der Waals surface area contributed by atoms with Crippen molar-refractivity contribution in [3.63, 3.8) is 0 Å². The first kappa shape index (κ1) is 17.1. The Kier molecular flexibility index (Phi) is 5.80. The minimum absolute atomic E-state index is 0.299. The lowest BCUT2D eigenvalue weighted by Gasteiger charge is -2.20. The van der Waals surface area contributed by atoms with E-state index in [1.807, 2.05) is 18.2 Å². The van der Waals surface area contributed by atoms with Gasteiger partial charge in [0.15, 0.2) is 0 Å². The second-order valence-corrected chi connectivity index (χ2v) is 6.31. The van der Waals surface area contributed by atoms with Crippen LogP contribution in [0.3, 0.4) is 0 Å². The summed E-state index contributed by atoms with van der Waals surface area (Å²) in [4.78, 5) is 13.8. The van der Waals surface area contributed by atoms with E-state index in [1.54, 1.807) is 6.07 Å². The normalized spacial score (nSPS) is 10.7. The van der Waals surface area contributed by atoms with Crippen molar-refractivity contribution in [2.45, 2.75) is 26.8 Å². The van der Waals surface area contributed by atoms with E-state index >= 15 is 0 Å². The molecule has 0 saturated carbocycles. The summed E-state index contributed by atoms with van der Waals surface area (Å²) >= 11 is 0. The van der Waals surface area contributed by atoms with Gasteiger partial charge in [-0.25, -0.2) is 4.79 Å². The number of anilines is 1. The fraction of sp³-hybridized carbons (Fsp3) is 0.350. The molecule has 0 aliphatic rings. The van der Waals surface area contributed by atoms with Crippen molar-refractivity contribution >= 4 is 11.7 Å². The van der Waals surface area contributed by atoms with E-state index in [4.69, 9.17) is 4.74 Å². The lowest BCUT2D eigenvalue weighted by atomic mass is 10.0. The second-order valence-electron chi connectivity index (χ2n) is 6.31. The standard InChI is InChI=1S/C20H25NO2/c1-15(2)12-16-8-10-19(11-9-16)21(3)14-17-6-5-7-18(13-17)20(22)23-4/h5-11,13,15H,12,14H2,1-4H3.